The van der Waals surface area contributed by atoms with Gasteiger partial charge in [0.1, 0.15) is 5.75 Å². The van der Waals surface area contributed by atoms with Crippen LogP contribution in [0.2, 0.25) is 0 Å². The van der Waals surface area contributed by atoms with Crippen LogP contribution in [0.5, 0.6) is 5.75 Å². The van der Waals surface area contributed by atoms with Crippen molar-refractivity contribution in [1.29, 1.82) is 0 Å². The molecule has 0 unspecified atom stereocenters. The SMILES string of the molecule is CCOC(=O)c1cccc(OS(C)(=O)=O)c1. The fourth-order valence-corrected chi connectivity index (χ4v) is 1.52. The second-order valence-corrected chi connectivity index (χ2v) is 4.61. The molecule has 0 amide bonds. The first kappa shape index (κ1) is 12.5. The van der Waals surface area contributed by atoms with Crippen molar-refractivity contribution in [3.05, 3.63) is 29.8 Å². The molecule has 0 atom stereocenters. The molecule has 0 saturated heterocycles. The highest BCUT2D eigenvalue weighted by atomic mass is 32.2. The van der Waals surface area contributed by atoms with Gasteiger partial charge in [-0.1, -0.05) is 6.07 Å². The van der Waals surface area contributed by atoms with Gasteiger partial charge in [-0.2, -0.15) is 8.42 Å². The largest absolute Gasteiger partial charge is 0.462 e. The zero-order valence-corrected chi connectivity index (χ0v) is 9.78. The van der Waals surface area contributed by atoms with E-state index in [9.17, 15) is 13.2 Å². The molecular weight excluding hydrogens is 232 g/mol. The van der Waals surface area contributed by atoms with E-state index in [1.54, 1.807) is 6.92 Å². The predicted octanol–water partition coefficient (Wildman–Crippen LogP) is 1.20. The summed E-state index contributed by atoms with van der Waals surface area (Å²) >= 11 is 0. The number of hydrogen-bond donors (Lipinski definition) is 0. The maximum absolute atomic E-state index is 11.3. The molecule has 1 aromatic carbocycles. The lowest BCUT2D eigenvalue weighted by molar-refractivity contribution is 0.0526. The topological polar surface area (TPSA) is 69.7 Å². The molecule has 0 heterocycles. The summed E-state index contributed by atoms with van der Waals surface area (Å²) in [6.45, 7) is 1.95. The Kier molecular flexibility index (Phi) is 3.89. The fraction of sp³-hybridized carbons (Fsp3) is 0.300. The second kappa shape index (κ2) is 4.98. The summed E-state index contributed by atoms with van der Waals surface area (Å²) in [6, 6.07) is 5.81. The van der Waals surface area contributed by atoms with E-state index in [1.807, 2.05) is 0 Å². The molecule has 0 saturated carbocycles. The zero-order chi connectivity index (χ0) is 12.2. The molecule has 1 aromatic rings. The van der Waals surface area contributed by atoms with Gasteiger partial charge in [0.05, 0.1) is 18.4 Å². The third-order valence-corrected chi connectivity index (χ3v) is 2.09. The molecule has 16 heavy (non-hydrogen) atoms. The van der Waals surface area contributed by atoms with Gasteiger partial charge in [-0.3, -0.25) is 0 Å². The van der Waals surface area contributed by atoms with Crippen LogP contribution in [0.15, 0.2) is 24.3 Å². The number of carbonyl (C=O) groups excluding carboxylic acids is 1. The quantitative estimate of drug-likeness (QED) is 0.588. The summed E-state index contributed by atoms with van der Waals surface area (Å²) < 4.78 is 31.1. The maximum atomic E-state index is 11.3. The maximum Gasteiger partial charge on any atom is 0.338 e. The van der Waals surface area contributed by atoms with Crippen molar-refractivity contribution in [2.24, 2.45) is 0 Å². The van der Waals surface area contributed by atoms with E-state index in [4.69, 9.17) is 4.74 Å². The van der Waals surface area contributed by atoms with Crippen LogP contribution in [-0.4, -0.2) is 27.2 Å². The predicted molar refractivity (Wildman–Crippen MR) is 57.9 cm³/mol. The molecule has 0 aliphatic carbocycles. The zero-order valence-electron chi connectivity index (χ0n) is 8.97. The highest BCUT2D eigenvalue weighted by Gasteiger charge is 2.09. The first-order valence-corrected chi connectivity index (χ1v) is 6.40. The minimum Gasteiger partial charge on any atom is -0.462 e. The van der Waals surface area contributed by atoms with Crippen LogP contribution < -0.4 is 4.18 Å². The number of carbonyl (C=O) groups is 1. The third-order valence-electron chi connectivity index (χ3n) is 1.59. The van der Waals surface area contributed by atoms with E-state index in [-0.39, 0.29) is 17.9 Å². The van der Waals surface area contributed by atoms with E-state index in [0.717, 1.165) is 6.26 Å². The second-order valence-electron chi connectivity index (χ2n) is 3.04. The van der Waals surface area contributed by atoms with Gasteiger partial charge in [0.2, 0.25) is 0 Å². The molecule has 0 aromatic heterocycles. The smallest absolute Gasteiger partial charge is 0.338 e. The van der Waals surface area contributed by atoms with Crippen LogP contribution in [0.1, 0.15) is 17.3 Å². The van der Waals surface area contributed by atoms with E-state index in [0.29, 0.717) is 0 Å². The molecule has 6 heteroatoms. The van der Waals surface area contributed by atoms with Crippen molar-refractivity contribution in [2.75, 3.05) is 12.9 Å². The number of esters is 1. The van der Waals surface area contributed by atoms with Crippen molar-refractivity contribution in [3.63, 3.8) is 0 Å². The Balaban J connectivity index is 2.91. The van der Waals surface area contributed by atoms with E-state index in [2.05, 4.69) is 4.18 Å². The summed E-state index contributed by atoms with van der Waals surface area (Å²) in [6.07, 6.45) is 0.935. The normalized spacial score (nSPS) is 10.9. The van der Waals surface area contributed by atoms with Gasteiger partial charge >= 0.3 is 16.1 Å². The molecular formula is C10H12O5S. The highest BCUT2D eigenvalue weighted by molar-refractivity contribution is 7.86. The Hall–Kier alpha value is -1.56. The molecule has 0 radical (unpaired) electrons. The van der Waals surface area contributed by atoms with Crippen molar-refractivity contribution in [2.45, 2.75) is 6.92 Å². The van der Waals surface area contributed by atoms with Gasteiger partial charge in [-0.05, 0) is 25.1 Å². The summed E-state index contributed by atoms with van der Waals surface area (Å²) in [5.41, 5.74) is 0.253. The molecule has 5 nitrogen and oxygen atoms in total. The monoisotopic (exact) mass is 244 g/mol. The molecule has 0 bridgehead atoms. The molecule has 0 spiro atoms. The highest BCUT2D eigenvalue weighted by Crippen LogP contribution is 2.15. The summed E-state index contributed by atoms with van der Waals surface area (Å²) in [4.78, 5) is 11.3. The Morgan fingerprint density at radius 3 is 2.62 bits per heavy atom. The minimum absolute atomic E-state index is 0.0908. The summed E-state index contributed by atoms with van der Waals surface area (Å²) in [7, 11) is -3.58. The van der Waals surface area contributed by atoms with E-state index >= 15 is 0 Å². The van der Waals surface area contributed by atoms with Gasteiger partial charge in [-0.15, -0.1) is 0 Å². The lowest BCUT2D eigenvalue weighted by Gasteiger charge is -2.05. The Labute approximate surface area is 94.1 Å². The average molecular weight is 244 g/mol. The number of hydrogen-bond acceptors (Lipinski definition) is 5. The van der Waals surface area contributed by atoms with Gasteiger partial charge in [0.25, 0.3) is 0 Å². The van der Waals surface area contributed by atoms with Gasteiger partial charge in [0, 0.05) is 0 Å². The van der Waals surface area contributed by atoms with Crippen LogP contribution in [0.4, 0.5) is 0 Å². The van der Waals surface area contributed by atoms with Crippen molar-refractivity contribution >= 4 is 16.1 Å². The van der Waals surface area contributed by atoms with Crippen molar-refractivity contribution in [3.8, 4) is 5.75 Å². The van der Waals surface area contributed by atoms with Crippen LogP contribution in [0.3, 0.4) is 0 Å². The Morgan fingerprint density at radius 2 is 2.06 bits per heavy atom. The molecule has 0 aliphatic rings. The summed E-state index contributed by atoms with van der Waals surface area (Å²) in [5.74, 6) is -0.422. The lowest BCUT2D eigenvalue weighted by Crippen LogP contribution is -2.08. The Bertz CT molecular complexity index is 478. The van der Waals surface area contributed by atoms with Crippen molar-refractivity contribution in [1.82, 2.24) is 0 Å². The standard InChI is InChI=1S/C10H12O5S/c1-3-14-10(11)8-5-4-6-9(7-8)15-16(2,12)13/h4-7H,3H2,1-2H3. The first-order chi connectivity index (χ1) is 7.42. The van der Waals surface area contributed by atoms with E-state index < -0.39 is 16.1 Å². The van der Waals surface area contributed by atoms with Crippen molar-refractivity contribution < 1.29 is 22.1 Å². The lowest BCUT2D eigenvalue weighted by atomic mass is 10.2. The van der Waals surface area contributed by atoms with Gasteiger partial charge < -0.3 is 8.92 Å². The first-order valence-electron chi connectivity index (χ1n) is 4.59. The summed E-state index contributed by atoms with van der Waals surface area (Å²) in [5, 5.41) is 0. The van der Waals surface area contributed by atoms with E-state index in [1.165, 1.54) is 24.3 Å². The molecule has 0 fully saturated rings. The number of benzene rings is 1. The van der Waals surface area contributed by atoms with Gasteiger partial charge in [0.15, 0.2) is 0 Å². The molecule has 88 valence electrons. The fourth-order valence-electron chi connectivity index (χ4n) is 1.06. The van der Waals surface area contributed by atoms with Crippen LogP contribution in [0.25, 0.3) is 0 Å². The van der Waals surface area contributed by atoms with Crippen LogP contribution in [-0.2, 0) is 14.9 Å². The van der Waals surface area contributed by atoms with Gasteiger partial charge in [-0.25, -0.2) is 4.79 Å². The molecule has 0 N–H and O–H groups in total. The molecule has 0 aliphatic heterocycles. The average Bonchev–Trinajstić information content (AvgIpc) is 2.16. The Morgan fingerprint density at radius 1 is 1.38 bits per heavy atom. The van der Waals surface area contributed by atoms with Crippen LogP contribution >= 0.6 is 0 Å². The number of ether oxygens (including phenoxy) is 1. The number of rotatable bonds is 4. The minimum atomic E-state index is -3.58. The molecule has 1 rings (SSSR count). The third kappa shape index (κ3) is 3.90. The van der Waals surface area contributed by atoms with Crippen LogP contribution in [0, 0.1) is 0 Å².